The minimum atomic E-state index is -1.12. The molecule has 0 aliphatic heterocycles. The molecule has 3 nitrogen and oxygen atoms in total. The first-order valence-electron chi connectivity index (χ1n) is 6.61. The van der Waals surface area contributed by atoms with Crippen LogP contribution in [0.25, 0.3) is 10.9 Å². The Morgan fingerprint density at radius 3 is 2.76 bits per heavy atom. The number of aromatic nitrogens is 1. The van der Waals surface area contributed by atoms with Crippen molar-refractivity contribution in [3.63, 3.8) is 0 Å². The van der Waals surface area contributed by atoms with Crippen molar-refractivity contribution in [3.8, 4) is 0 Å². The largest absolute Gasteiger partial charge is 0.478 e. The maximum atomic E-state index is 13.5. The minimum absolute atomic E-state index is 0.0303. The topological polar surface area (TPSA) is 42.2 Å². The van der Waals surface area contributed by atoms with Crippen molar-refractivity contribution in [2.24, 2.45) is 0 Å². The quantitative estimate of drug-likeness (QED) is 0.793. The molecule has 0 unspecified atom stereocenters. The lowest BCUT2D eigenvalue weighted by Gasteiger charge is -2.07. The number of hydrogen-bond acceptors (Lipinski definition) is 1. The van der Waals surface area contributed by atoms with Crippen molar-refractivity contribution in [3.05, 3.63) is 71.2 Å². The molecule has 0 aliphatic rings. The van der Waals surface area contributed by atoms with Crippen LogP contribution in [0.1, 0.15) is 21.5 Å². The van der Waals surface area contributed by atoms with Gasteiger partial charge in [-0.1, -0.05) is 11.6 Å². The van der Waals surface area contributed by atoms with E-state index in [9.17, 15) is 9.18 Å². The lowest BCUT2D eigenvalue weighted by atomic mass is 10.1. The van der Waals surface area contributed by atoms with E-state index in [2.05, 4.69) is 6.07 Å². The predicted molar refractivity (Wildman–Crippen MR) is 79.1 cm³/mol. The van der Waals surface area contributed by atoms with Crippen LogP contribution in [0.15, 0.2) is 48.7 Å². The second kappa shape index (κ2) is 5.05. The smallest absolute Gasteiger partial charge is 0.335 e. The standard InChI is InChI=1S/C17H14FNO2/c1-11-2-3-16-13(6-11)4-5-19(16)10-12-7-14(17(20)21)9-15(18)8-12/h2-9H,10H2,1H3,(H,20,21). The number of aryl methyl sites for hydroxylation is 1. The maximum absolute atomic E-state index is 13.5. The molecule has 0 saturated carbocycles. The summed E-state index contributed by atoms with van der Waals surface area (Å²) in [7, 11) is 0. The highest BCUT2D eigenvalue weighted by Gasteiger charge is 2.08. The molecule has 1 aromatic heterocycles. The Balaban J connectivity index is 2.00. The van der Waals surface area contributed by atoms with Crippen LogP contribution in [0.3, 0.4) is 0 Å². The van der Waals surface area contributed by atoms with E-state index >= 15 is 0 Å². The van der Waals surface area contributed by atoms with Gasteiger partial charge in [-0.25, -0.2) is 9.18 Å². The van der Waals surface area contributed by atoms with Crippen molar-refractivity contribution in [2.75, 3.05) is 0 Å². The molecule has 0 atom stereocenters. The summed E-state index contributed by atoms with van der Waals surface area (Å²) in [6.45, 7) is 2.47. The number of rotatable bonds is 3. The first-order chi connectivity index (χ1) is 10.0. The zero-order valence-corrected chi connectivity index (χ0v) is 11.5. The average molecular weight is 283 g/mol. The first kappa shape index (κ1) is 13.4. The molecular weight excluding hydrogens is 269 g/mol. The minimum Gasteiger partial charge on any atom is -0.478 e. The normalized spacial score (nSPS) is 11.0. The highest BCUT2D eigenvalue weighted by Crippen LogP contribution is 2.19. The fourth-order valence-electron chi connectivity index (χ4n) is 2.52. The molecule has 21 heavy (non-hydrogen) atoms. The number of carboxylic acid groups (broad SMARTS) is 1. The molecule has 106 valence electrons. The highest BCUT2D eigenvalue weighted by molar-refractivity contribution is 5.87. The monoisotopic (exact) mass is 283 g/mol. The highest BCUT2D eigenvalue weighted by atomic mass is 19.1. The molecule has 3 aromatic rings. The van der Waals surface area contributed by atoms with Gasteiger partial charge in [0.25, 0.3) is 0 Å². The van der Waals surface area contributed by atoms with Gasteiger partial charge >= 0.3 is 5.97 Å². The van der Waals surface area contributed by atoms with Crippen LogP contribution in [0, 0.1) is 12.7 Å². The summed E-state index contributed by atoms with van der Waals surface area (Å²) >= 11 is 0. The Kier molecular flexibility index (Phi) is 3.22. The third kappa shape index (κ3) is 2.65. The van der Waals surface area contributed by atoms with Gasteiger partial charge in [-0.05, 0) is 54.3 Å². The fraction of sp³-hybridized carbons (Fsp3) is 0.118. The van der Waals surface area contributed by atoms with E-state index in [1.165, 1.54) is 17.7 Å². The SMILES string of the molecule is Cc1ccc2c(ccn2Cc2cc(F)cc(C(=O)O)c2)c1. The number of carbonyl (C=O) groups is 1. The second-order valence-electron chi connectivity index (χ2n) is 5.16. The second-order valence-corrected chi connectivity index (χ2v) is 5.16. The zero-order chi connectivity index (χ0) is 15.0. The van der Waals surface area contributed by atoms with Crippen LogP contribution < -0.4 is 0 Å². The van der Waals surface area contributed by atoms with E-state index in [1.54, 1.807) is 0 Å². The van der Waals surface area contributed by atoms with E-state index in [0.29, 0.717) is 12.1 Å². The Morgan fingerprint density at radius 2 is 2.00 bits per heavy atom. The number of hydrogen-bond donors (Lipinski definition) is 1. The molecule has 1 heterocycles. The molecule has 3 rings (SSSR count). The lowest BCUT2D eigenvalue weighted by Crippen LogP contribution is -2.03. The summed E-state index contributed by atoms with van der Waals surface area (Å²) in [5, 5.41) is 10.1. The number of benzene rings is 2. The molecule has 0 spiro atoms. The van der Waals surface area contributed by atoms with Gasteiger partial charge in [0, 0.05) is 18.3 Å². The van der Waals surface area contributed by atoms with E-state index in [4.69, 9.17) is 5.11 Å². The Morgan fingerprint density at radius 1 is 1.19 bits per heavy atom. The van der Waals surface area contributed by atoms with Crippen molar-refractivity contribution >= 4 is 16.9 Å². The molecule has 1 N–H and O–H groups in total. The lowest BCUT2D eigenvalue weighted by molar-refractivity contribution is 0.0696. The van der Waals surface area contributed by atoms with Gasteiger partial charge in [-0.3, -0.25) is 0 Å². The number of aromatic carboxylic acids is 1. The molecule has 4 heteroatoms. The van der Waals surface area contributed by atoms with E-state index < -0.39 is 11.8 Å². The Bertz CT molecular complexity index is 836. The average Bonchev–Trinajstić information content (AvgIpc) is 2.80. The van der Waals surface area contributed by atoms with Crippen LogP contribution in [-0.4, -0.2) is 15.6 Å². The van der Waals surface area contributed by atoms with Crippen molar-refractivity contribution in [1.82, 2.24) is 4.57 Å². The van der Waals surface area contributed by atoms with Gasteiger partial charge < -0.3 is 9.67 Å². The summed E-state index contributed by atoms with van der Waals surface area (Å²) in [4.78, 5) is 11.0. The maximum Gasteiger partial charge on any atom is 0.335 e. The summed E-state index contributed by atoms with van der Waals surface area (Å²) < 4.78 is 15.5. The van der Waals surface area contributed by atoms with E-state index in [0.717, 1.165) is 17.0 Å². The van der Waals surface area contributed by atoms with Crippen LogP contribution >= 0.6 is 0 Å². The van der Waals surface area contributed by atoms with Crippen LogP contribution in [0.5, 0.6) is 0 Å². The van der Waals surface area contributed by atoms with Gasteiger partial charge in [-0.15, -0.1) is 0 Å². The van der Waals surface area contributed by atoms with Gasteiger partial charge in [0.05, 0.1) is 5.56 Å². The molecule has 0 fully saturated rings. The molecule has 0 radical (unpaired) electrons. The molecule has 0 aliphatic carbocycles. The van der Waals surface area contributed by atoms with Crippen LogP contribution in [-0.2, 0) is 6.54 Å². The molecule has 0 saturated heterocycles. The Hall–Kier alpha value is -2.62. The van der Waals surface area contributed by atoms with Crippen LogP contribution in [0.4, 0.5) is 4.39 Å². The third-order valence-corrected chi connectivity index (χ3v) is 3.48. The van der Waals surface area contributed by atoms with Crippen molar-refractivity contribution < 1.29 is 14.3 Å². The number of carboxylic acids is 1. The summed E-state index contributed by atoms with van der Waals surface area (Å²) in [6, 6.07) is 12.0. The number of halogens is 1. The zero-order valence-electron chi connectivity index (χ0n) is 11.5. The molecule has 2 aromatic carbocycles. The van der Waals surface area contributed by atoms with Crippen molar-refractivity contribution in [2.45, 2.75) is 13.5 Å². The van der Waals surface area contributed by atoms with Gasteiger partial charge in [0.15, 0.2) is 0 Å². The fourth-order valence-corrected chi connectivity index (χ4v) is 2.52. The number of nitrogens with zero attached hydrogens (tertiary/aromatic N) is 1. The first-order valence-corrected chi connectivity index (χ1v) is 6.61. The van der Waals surface area contributed by atoms with Gasteiger partial charge in [-0.2, -0.15) is 0 Å². The molecular formula is C17H14FNO2. The van der Waals surface area contributed by atoms with Crippen molar-refractivity contribution in [1.29, 1.82) is 0 Å². The van der Waals surface area contributed by atoms with E-state index in [1.807, 2.05) is 35.9 Å². The molecule has 0 amide bonds. The Labute approximate surface area is 121 Å². The summed E-state index contributed by atoms with van der Waals surface area (Å²) in [5.74, 6) is -1.65. The van der Waals surface area contributed by atoms with Gasteiger partial charge in [0.2, 0.25) is 0 Å². The molecule has 0 bridgehead atoms. The summed E-state index contributed by atoms with van der Waals surface area (Å²) in [6.07, 6.45) is 1.93. The predicted octanol–water partition coefficient (Wildman–Crippen LogP) is 3.84. The third-order valence-electron chi connectivity index (χ3n) is 3.48. The van der Waals surface area contributed by atoms with Gasteiger partial charge in [0.1, 0.15) is 5.82 Å². The van der Waals surface area contributed by atoms with Crippen LogP contribution in [0.2, 0.25) is 0 Å². The van der Waals surface area contributed by atoms with E-state index in [-0.39, 0.29) is 5.56 Å². The summed E-state index contributed by atoms with van der Waals surface area (Å²) in [5.41, 5.74) is 2.82. The number of fused-ring (bicyclic) bond motifs is 1.